The Morgan fingerprint density at radius 2 is 2.14 bits per heavy atom. The van der Waals surface area contributed by atoms with E-state index in [0.717, 1.165) is 41.8 Å². The fourth-order valence-corrected chi connectivity index (χ4v) is 2.86. The summed E-state index contributed by atoms with van der Waals surface area (Å²) in [5.41, 5.74) is 7.78. The molecule has 0 N–H and O–H groups in total. The van der Waals surface area contributed by atoms with Gasteiger partial charge in [-0.05, 0) is 54.7 Å². The summed E-state index contributed by atoms with van der Waals surface area (Å²) in [4.78, 5) is 4.75. The quantitative estimate of drug-likeness (QED) is 0.719. The molecule has 0 fully saturated rings. The molecule has 3 rings (SSSR count). The Kier molecular flexibility index (Phi) is 3.89. The van der Waals surface area contributed by atoms with Crippen LogP contribution in [-0.2, 0) is 0 Å². The molecule has 2 nitrogen and oxygen atoms in total. The lowest BCUT2D eigenvalue weighted by atomic mass is 9.92. The number of aliphatic imine (C=N–C) groups is 1. The van der Waals surface area contributed by atoms with Crippen molar-refractivity contribution in [2.24, 2.45) is 4.99 Å². The van der Waals surface area contributed by atoms with Gasteiger partial charge in [-0.3, -0.25) is 4.99 Å². The summed E-state index contributed by atoms with van der Waals surface area (Å²) < 4.78 is 0. The largest absolute Gasteiger partial charge is 0.257 e. The number of fused-ring (bicyclic) bond motifs is 1. The summed E-state index contributed by atoms with van der Waals surface area (Å²) in [5, 5.41) is 8.93. The number of rotatable bonds is 2. The van der Waals surface area contributed by atoms with E-state index >= 15 is 0 Å². The van der Waals surface area contributed by atoms with Crippen LogP contribution in [0.2, 0.25) is 0 Å². The molecule has 1 aromatic carbocycles. The maximum atomic E-state index is 8.93. The van der Waals surface area contributed by atoms with Gasteiger partial charge in [0.05, 0.1) is 11.8 Å². The number of hydrogen-bond acceptors (Lipinski definition) is 2. The van der Waals surface area contributed by atoms with Crippen molar-refractivity contribution in [2.75, 3.05) is 0 Å². The molecule has 0 saturated heterocycles. The summed E-state index contributed by atoms with van der Waals surface area (Å²) >= 11 is 0. The first-order valence-electron chi connectivity index (χ1n) is 7.51. The number of nitriles is 1. The molecule has 2 aliphatic rings. The fourth-order valence-electron chi connectivity index (χ4n) is 2.86. The van der Waals surface area contributed by atoms with Crippen molar-refractivity contribution in [2.45, 2.75) is 26.2 Å². The second-order valence-corrected chi connectivity index (χ2v) is 5.72. The molecule has 22 heavy (non-hydrogen) atoms. The Labute approximate surface area is 131 Å². The third-order valence-electron chi connectivity index (χ3n) is 4.07. The molecule has 0 radical (unpaired) electrons. The zero-order chi connectivity index (χ0) is 15.5. The lowest BCUT2D eigenvalue weighted by Gasteiger charge is -2.12. The zero-order valence-corrected chi connectivity index (χ0v) is 12.8. The monoisotopic (exact) mass is 286 g/mol. The molecule has 1 aromatic rings. The molecular formula is C20H18N2. The van der Waals surface area contributed by atoms with Crippen LogP contribution in [0.5, 0.6) is 0 Å². The highest BCUT2D eigenvalue weighted by atomic mass is 14.7. The van der Waals surface area contributed by atoms with Gasteiger partial charge < -0.3 is 0 Å². The first-order chi connectivity index (χ1) is 10.7. The summed E-state index contributed by atoms with van der Waals surface area (Å²) in [6.07, 6.45) is 10.6. The van der Waals surface area contributed by atoms with Crippen molar-refractivity contribution in [1.82, 2.24) is 0 Å². The van der Waals surface area contributed by atoms with Crippen molar-refractivity contribution < 1.29 is 0 Å². The third-order valence-corrected chi connectivity index (χ3v) is 4.07. The van der Waals surface area contributed by atoms with Gasteiger partial charge in [0, 0.05) is 23.3 Å². The molecule has 1 aliphatic carbocycles. The van der Waals surface area contributed by atoms with Crippen LogP contribution in [0, 0.1) is 11.3 Å². The van der Waals surface area contributed by atoms with E-state index in [0.29, 0.717) is 0 Å². The molecule has 1 heterocycles. The molecule has 2 heteroatoms. The predicted octanol–water partition coefficient (Wildman–Crippen LogP) is 5.38. The van der Waals surface area contributed by atoms with Crippen LogP contribution in [0.25, 0.3) is 11.6 Å². The van der Waals surface area contributed by atoms with Gasteiger partial charge in [0.15, 0.2) is 0 Å². The second kappa shape index (κ2) is 5.99. The molecule has 0 amide bonds. The molecular weight excluding hydrogens is 268 g/mol. The molecule has 0 unspecified atom stereocenters. The van der Waals surface area contributed by atoms with Gasteiger partial charge in [0.1, 0.15) is 0 Å². The number of hydrogen-bond donors (Lipinski definition) is 0. The average Bonchev–Trinajstić information content (AvgIpc) is 2.71. The SMILES string of the molecule is C=CC1=Cc2ccc(C3=CC=C(C#N)CC3)cc2N=C(C)C1. The van der Waals surface area contributed by atoms with Gasteiger partial charge >= 0.3 is 0 Å². The minimum absolute atomic E-state index is 0.822. The van der Waals surface area contributed by atoms with Gasteiger partial charge in [-0.15, -0.1) is 0 Å². The molecule has 0 bridgehead atoms. The topological polar surface area (TPSA) is 36.1 Å². The van der Waals surface area contributed by atoms with Gasteiger partial charge in [0.25, 0.3) is 0 Å². The van der Waals surface area contributed by atoms with Gasteiger partial charge in [0.2, 0.25) is 0 Å². The van der Waals surface area contributed by atoms with Crippen molar-refractivity contribution in [1.29, 1.82) is 5.26 Å². The lowest BCUT2D eigenvalue weighted by molar-refractivity contribution is 1.01. The highest BCUT2D eigenvalue weighted by Gasteiger charge is 2.12. The van der Waals surface area contributed by atoms with Gasteiger partial charge in [-0.2, -0.15) is 5.26 Å². The minimum atomic E-state index is 0.822. The normalized spacial score (nSPS) is 17.1. The maximum Gasteiger partial charge on any atom is 0.0947 e. The Bertz CT molecular complexity index is 795. The van der Waals surface area contributed by atoms with Crippen LogP contribution in [0.4, 0.5) is 5.69 Å². The Balaban J connectivity index is 2.02. The smallest absolute Gasteiger partial charge is 0.0947 e. The zero-order valence-electron chi connectivity index (χ0n) is 12.8. The molecule has 0 atom stereocenters. The van der Waals surface area contributed by atoms with E-state index in [-0.39, 0.29) is 0 Å². The van der Waals surface area contributed by atoms with E-state index in [9.17, 15) is 0 Å². The summed E-state index contributed by atoms with van der Waals surface area (Å²) in [5.74, 6) is 0. The minimum Gasteiger partial charge on any atom is -0.257 e. The van der Waals surface area contributed by atoms with E-state index in [4.69, 9.17) is 10.3 Å². The fraction of sp³-hybridized carbons (Fsp3) is 0.200. The van der Waals surface area contributed by atoms with Crippen LogP contribution >= 0.6 is 0 Å². The van der Waals surface area contributed by atoms with Crippen LogP contribution in [0.15, 0.2) is 59.1 Å². The molecule has 0 spiro atoms. The third kappa shape index (κ3) is 2.84. The average molecular weight is 286 g/mol. The standard InChI is InChI=1S/C20H18N2/c1-3-15-10-14(2)22-20-12-18(8-9-19(20)11-15)17-6-4-16(13-21)5-7-17/h3-4,6,8-9,11-12H,1,5,7,10H2,2H3. The Hall–Kier alpha value is -2.66. The molecule has 0 aromatic heterocycles. The van der Waals surface area contributed by atoms with Gasteiger partial charge in [-0.1, -0.05) is 30.9 Å². The Morgan fingerprint density at radius 3 is 2.82 bits per heavy atom. The highest BCUT2D eigenvalue weighted by molar-refractivity contribution is 5.92. The molecule has 1 aliphatic heterocycles. The second-order valence-electron chi connectivity index (χ2n) is 5.72. The van der Waals surface area contributed by atoms with Crippen LogP contribution in [0.1, 0.15) is 37.3 Å². The van der Waals surface area contributed by atoms with E-state index in [1.54, 1.807) is 0 Å². The number of benzene rings is 1. The first-order valence-corrected chi connectivity index (χ1v) is 7.51. The lowest BCUT2D eigenvalue weighted by Crippen LogP contribution is -1.93. The van der Waals surface area contributed by atoms with Crippen molar-refractivity contribution in [3.05, 3.63) is 65.3 Å². The summed E-state index contributed by atoms with van der Waals surface area (Å²) in [7, 11) is 0. The highest BCUT2D eigenvalue weighted by Crippen LogP contribution is 2.33. The van der Waals surface area contributed by atoms with Crippen LogP contribution in [0.3, 0.4) is 0 Å². The molecule has 0 saturated carbocycles. The molecule has 108 valence electrons. The van der Waals surface area contributed by atoms with Crippen LogP contribution < -0.4 is 0 Å². The predicted molar refractivity (Wildman–Crippen MR) is 92.9 cm³/mol. The van der Waals surface area contributed by atoms with Crippen molar-refractivity contribution in [3.63, 3.8) is 0 Å². The number of nitrogens with zero attached hydrogens (tertiary/aromatic N) is 2. The summed E-state index contributed by atoms with van der Waals surface area (Å²) in [6, 6.07) is 8.65. The van der Waals surface area contributed by atoms with Crippen molar-refractivity contribution >= 4 is 23.0 Å². The van der Waals surface area contributed by atoms with E-state index in [2.05, 4.69) is 49.9 Å². The van der Waals surface area contributed by atoms with E-state index in [1.165, 1.54) is 16.7 Å². The maximum absolute atomic E-state index is 8.93. The van der Waals surface area contributed by atoms with Crippen molar-refractivity contribution in [3.8, 4) is 6.07 Å². The summed E-state index contributed by atoms with van der Waals surface area (Å²) in [6.45, 7) is 5.93. The Morgan fingerprint density at radius 1 is 1.27 bits per heavy atom. The van der Waals surface area contributed by atoms with Gasteiger partial charge in [-0.25, -0.2) is 0 Å². The first kappa shape index (κ1) is 14.3. The van der Waals surface area contributed by atoms with E-state index < -0.39 is 0 Å². The van der Waals surface area contributed by atoms with E-state index in [1.807, 2.05) is 12.2 Å². The number of allylic oxidation sites excluding steroid dienone is 6. The van der Waals surface area contributed by atoms with Crippen LogP contribution in [-0.4, -0.2) is 5.71 Å².